The molecule has 4 N–H and O–H groups in total. The highest BCUT2D eigenvalue weighted by Gasteiger charge is 2.27. The Morgan fingerprint density at radius 1 is 1.26 bits per heavy atom. The number of likely N-dealkylation sites (N-methyl/N-ethyl adjacent to an activating group) is 1. The van der Waals surface area contributed by atoms with Crippen LogP contribution in [0.2, 0.25) is 0 Å². The largest absolute Gasteiger partial charge is 0.493 e. The number of aryl methyl sites for hydroxylation is 2. The van der Waals surface area contributed by atoms with Gasteiger partial charge in [0.1, 0.15) is 22.3 Å². The lowest BCUT2D eigenvalue weighted by Gasteiger charge is -2.31. The van der Waals surface area contributed by atoms with Crippen LogP contribution in [0.4, 0.5) is 0 Å². The molecule has 2 unspecified atom stereocenters. The maximum Gasteiger partial charge on any atom is 0.275 e. The standard InChI is InChI=1S/C26H36N6O6S/c1-5-7-19-23(20(33)15-22(34)29-36)16(3)24-26(35)27-25(28-32(19)24)18-14-17(8-9-21(18)38-6-2)39(37)31-12-10-30(4)11-13-31/h8-9,14,20,33,36H,5-7,10-13,15H2,1-4H3,(H,29,34)(H,27,28,35). The zero-order chi connectivity index (χ0) is 28.3. The third-order valence-electron chi connectivity index (χ3n) is 6.91. The number of carbonyl (C=O) groups is 1. The van der Waals surface area contributed by atoms with Gasteiger partial charge in [0, 0.05) is 37.4 Å². The number of nitrogens with zero attached hydrogens (tertiary/aromatic N) is 4. The number of aliphatic hydroxyl groups excluding tert-OH is 1. The number of aliphatic hydroxyl groups is 1. The Balaban J connectivity index is 1.85. The van der Waals surface area contributed by atoms with Gasteiger partial charge in [0.25, 0.3) is 5.56 Å². The molecule has 1 amide bonds. The molecule has 4 rings (SSSR count). The molecule has 39 heavy (non-hydrogen) atoms. The summed E-state index contributed by atoms with van der Waals surface area (Å²) in [5, 5.41) is 24.5. The van der Waals surface area contributed by atoms with E-state index in [0.717, 1.165) is 13.1 Å². The molecular formula is C26H36N6O6S. The fourth-order valence-electron chi connectivity index (χ4n) is 4.97. The third-order valence-corrected chi connectivity index (χ3v) is 8.40. The Morgan fingerprint density at radius 3 is 2.62 bits per heavy atom. The van der Waals surface area contributed by atoms with Crippen LogP contribution in [-0.4, -0.2) is 84.1 Å². The number of benzene rings is 1. The molecule has 12 nitrogen and oxygen atoms in total. The summed E-state index contributed by atoms with van der Waals surface area (Å²) < 4.78 is 22.7. The molecule has 0 saturated carbocycles. The lowest BCUT2D eigenvalue weighted by atomic mass is 10.00. The Bertz CT molecular complexity index is 1430. The van der Waals surface area contributed by atoms with Crippen molar-refractivity contribution in [2.45, 2.75) is 51.0 Å². The van der Waals surface area contributed by atoms with Gasteiger partial charge in [-0.3, -0.25) is 14.8 Å². The summed E-state index contributed by atoms with van der Waals surface area (Å²) in [5.41, 5.74) is 3.41. The van der Waals surface area contributed by atoms with Gasteiger partial charge in [0.15, 0.2) is 5.82 Å². The van der Waals surface area contributed by atoms with E-state index in [1.54, 1.807) is 25.1 Å². The maximum atomic E-state index is 13.4. The Morgan fingerprint density at radius 2 is 1.97 bits per heavy atom. The Kier molecular flexibility index (Phi) is 9.18. The minimum absolute atomic E-state index is 0.231. The lowest BCUT2D eigenvalue weighted by molar-refractivity contribution is -0.131. The van der Waals surface area contributed by atoms with Gasteiger partial charge in [-0.2, -0.15) is 0 Å². The second kappa shape index (κ2) is 12.4. The van der Waals surface area contributed by atoms with E-state index in [4.69, 9.17) is 15.0 Å². The molecule has 2 atom stereocenters. The average Bonchev–Trinajstić information content (AvgIpc) is 3.20. The number of ether oxygens (including phenoxy) is 1. The zero-order valence-corrected chi connectivity index (χ0v) is 23.5. The lowest BCUT2D eigenvalue weighted by Crippen LogP contribution is -2.45. The fourth-order valence-corrected chi connectivity index (χ4v) is 6.17. The summed E-state index contributed by atoms with van der Waals surface area (Å²) in [6.45, 7) is 8.89. The van der Waals surface area contributed by atoms with E-state index in [9.17, 15) is 18.9 Å². The first-order chi connectivity index (χ1) is 18.7. The molecule has 1 saturated heterocycles. The van der Waals surface area contributed by atoms with Crippen molar-refractivity contribution in [2.75, 3.05) is 39.8 Å². The van der Waals surface area contributed by atoms with Crippen LogP contribution in [-0.2, 0) is 22.2 Å². The number of nitrogens with one attached hydrogen (secondary N) is 2. The smallest absolute Gasteiger partial charge is 0.275 e. The molecule has 0 radical (unpaired) electrons. The van der Waals surface area contributed by atoms with Gasteiger partial charge in [-0.15, -0.1) is 5.10 Å². The molecule has 1 fully saturated rings. The van der Waals surface area contributed by atoms with Crippen LogP contribution in [0.25, 0.3) is 16.9 Å². The molecular weight excluding hydrogens is 524 g/mol. The Labute approximate surface area is 229 Å². The SMILES string of the molecule is CCCc1c(C(O)CC(=O)NO)c(C)c2c(=O)[nH]c(-c3cc(S(=O)N4CCN(C)CC4)ccc3OCC)nn12. The van der Waals surface area contributed by atoms with Gasteiger partial charge < -0.3 is 19.7 Å². The molecule has 0 bridgehead atoms. The van der Waals surface area contributed by atoms with Crippen molar-refractivity contribution < 1.29 is 24.1 Å². The first kappa shape index (κ1) is 28.9. The molecule has 0 aliphatic carbocycles. The van der Waals surface area contributed by atoms with Gasteiger partial charge in [-0.1, -0.05) is 13.3 Å². The number of hydrogen-bond acceptors (Lipinski definition) is 8. The second-order valence-electron chi connectivity index (χ2n) is 9.63. The first-order valence-corrected chi connectivity index (χ1v) is 14.2. The van der Waals surface area contributed by atoms with Crippen molar-refractivity contribution in [2.24, 2.45) is 0 Å². The number of rotatable bonds is 10. The van der Waals surface area contributed by atoms with E-state index in [1.165, 1.54) is 10.00 Å². The molecule has 1 aliphatic heterocycles. The highest BCUT2D eigenvalue weighted by atomic mass is 32.2. The highest BCUT2D eigenvalue weighted by Crippen LogP contribution is 2.33. The topological polar surface area (TPSA) is 152 Å². The van der Waals surface area contributed by atoms with Crippen LogP contribution in [0.3, 0.4) is 0 Å². The van der Waals surface area contributed by atoms with Crippen LogP contribution in [0.5, 0.6) is 5.75 Å². The number of aromatic nitrogens is 3. The monoisotopic (exact) mass is 560 g/mol. The molecule has 3 heterocycles. The van der Waals surface area contributed by atoms with Crippen molar-refractivity contribution in [1.82, 2.24) is 29.3 Å². The minimum Gasteiger partial charge on any atom is -0.493 e. The van der Waals surface area contributed by atoms with Crippen LogP contribution in [0.1, 0.15) is 49.6 Å². The van der Waals surface area contributed by atoms with E-state index >= 15 is 0 Å². The summed E-state index contributed by atoms with van der Waals surface area (Å²) in [7, 11) is 0.636. The first-order valence-electron chi connectivity index (χ1n) is 13.1. The fraction of sp³-hybridized carbons (Fsp3) is 0.500. The normalized spacial score (nSPS) is 16.4. The van der Waals surface area contributed by atoms with Crippen LogP contribution >= 0.6 is 0 Å². The van der Waals surface area contributed by atoms with E-state index in [2.05, 4.69) is 9.88 Å². The number of carbonyl (C=O) groups excluding carboxylic acids is 1. The number of H-pyrrole nitrogens is 1. The summed E-state index contributed by atoms with van der Waals surface area (Å²) in [6, 6.07) is 5.24. The number of amides is 1. The van der Waals surface area contributed by atoms with Gasteiger partial charge in [0.2, 0.25) is 5.91 Å². The molecule has 1 aromatic carbocycles. The zero-order valence-electron chi connectivity index (χ0n) is 22.7. The summed E-state index contributed by atoms with van der Waals surface area (Å²) in [6.07, 6.45) is -0.421. The summed E-state index contributed by atoms with van der Waals surface area (Å²) in [4.78, 5) is 30.8. The molecule has 2 aromatic heterocycles. The highest BCUT2D eigenvalue weighted by molar-refractivity contribution is 7.82. The van der Waals surface area contributed by atoms with E-state index < -0.39 is 28.6 Å². The minimum atomic E-state index is -1.40. The van der Waals surface area contributed by atoms with Crippen molar-refractivity contribution in [3.63, 3.8) is 0 Å². The van der Waals surface area contributed by atoms with E-state index in [0.29, 0.717) is 65.6 Å². The van der Waals surface area contributed by atoms with E-state index in [1.807, 2.05) is 25.2 Å². The van der Waals surface area contributed by atoms with E-state index in [-0.39, 0.29) is 17.8 Å². The quantitative estimate of drug-likeness (QED) is 0.215. The molecule has 1 aliphatic rings. The second-order valence-corrected chi connectivity index (χ2v) is 11.1. The number of hydrogen-bond donors (Lipinski definition) is 4. The molecule has 13 heteroatoms. The molecule has 212 valence electrons. The Hall–Kier alpha value is -3.10. The van der Waals surface area contributed by atoms with Gasteiger partial charge in [0.05, 0.1) is 29.6 Å². The number of piperazine rings is 1. The molecule has 0 spiro atoms. The van der Waals surface area contributed by atoms with Crippen LogP contribution < -0.4 is 15.8 Å². The number of aromatic amines is 1. The summed E-state index contributed by atoms with van der Waals surface area (Å²) in [5.74, 6) is -0.0247. The maximum absolute atomic E-state index is 13.4. The van der Waals surface area contributed by atoms with Crippen LogP contribution in [0, 0.1) is 6.92 Å². The van der Waals surface area contributed by atoms with Gasteiger partial charge in [-0.25, -0.2) is 18.5 Å². The predicted octanol–water partition coefficient (Wildman–Crippen LogP) is 1.55. The molecule has 3 aromatic rings. The van der Waals surface area contributed by atoms with Gasteiger partial charge >= 0.3 is 0 Å². The summed E-state index contributed by atoms with van der Waals surface area (Å²) >= 11 is 0. The van der Waals surface area contributed by atoms with Crippen molar-refractivity contribution in [3.8, 4) is 17.1 Å². The van der Waals surface area contributed by atoms with Crippen LogP contribution in [0.15, 0.2) is 27.9 Å². The number of fused-ring (bicyclic) bond motifs is 1. The third kappa shape index (κ3) is 5.92. The van der Waals surface area contributed by atoms with Gasteiger partial charge in [-0.05, 0) is 51.1 Å². The predicted molar refractivity (Wildman–Crippen MR) is 146 cm³/mol. The number of hydroxylamine groups is 1. The van der Waals surface area contributed by atoms with Crippen molar-refractivity contribution >= 4 is 22.4 Å². The van der Waals surface area contributed by atoms with Crippen molar-refractivity contribution in [1.29, 1.82) is 0 Å². The average molecular weight is 561 g/mol. The van der Waals surface area contributed by atoms with Crippen molar-refractivity contribution in [3.05, 3.63) is 45.4 Å².